The predicted molar refractivity (Wildman–Crippen MR) is 120 cm³/mol. The van der Waals surface area contributed by atoms with E-state index >= 15 is 0 Å². The zero-order valence-electron chi connectivity index (χ0n) is 17.3. The van der Waals surface area contributed by atoms with Crippen molar-refractivity contribution in [3.05, 3.63) is 75.7 Å². The predicted octanol–water partition coefficient (Wildman–Crippen LogP) is 3.45. The van der Waals surface area contributed by atoms with Crippen molar-refractivity contribution in [1.82, 2.24) is 14.7 Å². The minimum Gasteiger partial charge on any atom is -0.496 e. The number of halogens is 1. The second-order valence-electron chi connectivity index (χ2n) is 7.37. The van der Waals surface area contributed by atoms with Gasteiger partial charge in [-0.3, -0.25) is 14.3 Å². The highest BCUT2D eigenvalue weighted by molar-refractivity contribution is 6.31. The molecular formula is C23H20ClN5O3. The number of hydrogen-bond donors (Lipinski definition) is 1. The van der Waals surface area contributed by atoms with Crippen molar-refractivity contribution in [1.29, 1.82) is 0 Å². The van der Waals surface area contributed by atoms with Crippen LogP contribution in [0.5, 0.6) is 5.75 Å². The average molecular weight is 450 g/mol. The zero-order valence-corrected chi connectivity index (χ0v) is 18.1. The van der Waals surface area contributed by atoms with Crippen LogP contribution in [-0.4, -0.2) is 40.1 Å². The van der Waals surface area contributed by atoms with E-state index in [1.54, 1.807) is 52.0 Å². The third-order valence-electron chi connectivity index (χ3n) is 5.42. The Labute approximate surface area is 190 Å². The van der Waals surface area contributed by atoms with E-state index in [2.05, 4.69) is 9.94 Å². The van der Waals surface area contributed by atoms with E-state index in [0.717, 1.165) is 5.56 Å². The second kappa shape index (κ2) is 8.73. The molecule has 2 N–H and O–H groups in total. The quantitative estimate of drug-likeness (QED) is 0.603. The molecule has 0 radical (unpaired) electrons. The van der Waals surface area contributed by atoms with E-state index in [1.807, 2.05) is 0 Å². The topological polar surface area (TPSA) is 94.8 Å². The van der Waals surface area contributed by atoms with E-state index in [0.29, 0.717) is 46.5 Å². The number of methoxy groups -OCH3 is 1. The van der Waals surface area contributed by atoms with Crippen molar-refractivity contribution in [2.75, 3.05) is 13.7 Å². The normalized spacial score (nSPS) is 12.7. The second-order valence-corrected chi connectivity index (χ2v) is 7.81. The van der Waals surface area contributed by atoms with Crippen LogP contribution in [0.2, 0.25) is 5.02 Å². The lowest BCUT2D eigenvalue weighted by molar-refractivity contribution is -0.132. The molecule has 0 spiro atoms. The molecule has 9 heteroatoms. The lowest BCUT2D eigenvalue weighted by Gasteiger charge is -2.28. The molecule has 0 saturated carbocycles. The van der Waals surface area contributed by atoms with Gasteiger partial charge in [0.05, 0.1) is 44.4 Å². The fourth-order valence-corrected chi connectivity index (χ4v) is 3.99. The molecule has 0 saturated heterocycles. The Morgan fingerprint density at radius 3 is 2.62 bits per heavy atom. The van der Waals surface area contributed by atoms with Crippen LogP contribution in [0.4, 0.5) is 5.69 Å². The Hall–Kier alpha value is -3.83. The number of hydrogen-bond acceptors (Lipinski definition) is 4. The average Bonchev–Trinajstić information content (AvgIpc) is 3.18. The molecule has 162 valence electrons. The van der Waals surface area contributed by atoms with Crippen molar-refractivity contribution in [2.45, 2.75) is 19.5 Å². The summed E-state index contributed by atoms with van der Waals surface area (Å²) < 4.78 is 7.13. The highest BCUT2D eigenvalue weighted by Crippen LogP contribution is 2.36. The summed E-state index contributed by atoms with van der Waals surface area (Å²) in [6, 6.07) is 12.0. The largest absolute Gasteiger partial charge is 0.496 e. The van der Waals surface area contributed by atoms with Crippen LogP contribution in [0, 0.1) is 6.57 Å². The molecule has 1 aliphatic rings. The van der Waals surface area contributed by atoms with Gasteiger partial charge in [0, 0.05) is 17.1 Å². The lowest BCUT2D eigenvalue weighted by Crippen LogP contribution is -2.40. The number of fused-ring (bicyclic) bond motifs is 1. The van der Waals surface area contributed by atoms with E-state index in [-0.39, 0.29) is 24.4 Å². The van der Waals surface area contributed by atoms with Crippen LogP contribution in [0.3, 0.4) is 0 Å². The molecule has 0 bridgehead atoms. The summed E-state index contributed by atoms with van der Waals surface area (Å²) in [5.74, 6) is -0.194. The number of rotatable bonds is 5. The Morgan fingerprint density at radius 1 is 1.22 bits per heavy atom. The number of benzene rings is 2. The molecule has 4 rings (SSSR count). The standard InChI is InChI=1S/C23H20ClN5O3/c1-26-16-6-3-14(4-7-16)11-20(30)28-9-10-29-18(13-28)21(23(25)31)22(27-29)17-12-15(24)5-8-19(17)32-2/h3-8,12H,9-11,13H2,2H3,(H2,25,31). The van der Waals surface area contributed by atoms with E-state index in [4.69, 9.17) is 28.6 Å². The first-order chi connectivity index (χ1) is 15.4. The number of nitrogens with two attached hydrogens (primary N) is 1. The van der Waals surface area contributed by atoms with Crippen LogP contribution in [-0.2, 0) is 24.3 Å². The molecule has 3 aromatic rings. The first-order valence-corrected chi connectivity index (χ1v) is 10.3. The Balaban J connectivity index is 1.64. The van der Waals surface area contributed by atoms with Crippen LogP contribution >= 0.6 is 11.6 Å². The minimum absolute atomic E-state index is 0.0784. The molecule has 8 nitrogen and oxygen atoms in total. The van der Waals surface area contributed by atoms with Crippen molar-refractivity contribution < 1.29 is 14.3 Å². The highest BCUT2D eigenvalue weighted by atomic mass is 35.5. The maximum absolute atomic E-state index is 12.9. The van der Waals surface area contributed by atoms with E-state index in [9.17, 15) is 9.59 Å². The minimum atomic E-state index is -0.632. The summed E-state index contributed by atoms with van der Waals surface area (Å²) >= 11 is 6.17. The number of amides is 2. The Morgan fingerprint density at radius 2 is 1.97 bits per heavy atom. The van der Waals surface area contributed by atoms with Crippen LogP contribution in [0.25, 0.3) is 16.1 Å². The third kappa shape index (κ3) is 4.03. The van der Waals surface area contributed by atoms with Gasteiger partial charge in [-0.1, -0.05) is 35.9 Å². The van der Waals surface area contributed by atoms with Gasteiger partial charge in [-0.25, -0.2) is 4.85 Å². The molecule has 2 aromatic carbocycles. The maximum Gasteiger partial charge on any atom is 0.252 e. The molecule has 0 atom stereocenters. The van der Waals surface area contributed by atoms with E-state index in [1.165, 1.54) is 7.11 Å². The van der Waals surface area contributed by atoms with Gasteiger partial charge >= 0.3 is 0 Å². The number of aromatic nitrogens is 2. The number of primary amides is 1. The molecule has 32 heavy (non-hydrogen) atoms. The summed E-state index contributed by atoms with van der Waals surface area (Å²) in [4.78, 5) is 30.4. The molecule has 0 unspecified atom stereocenters. The Kier molecular flexibility index (Phi) is 5.84. The van der Waals surface area contributed by atoms with Gasteiger partial charge in [0.15, 0.2) is 5.69 Å². The molecule has 2 amide bonds. The van der Waals surface area contributed by atoms with Gasteiger partial charge < -0.3 is 15.4 Å². The molecule has 0 fully saturated rings. The summed E-state index contributed by atoms with van der Waals surface area (Å²) in [5.41, 5.74) is 8.86. The van der Waals surface area contributed by atoms with Crippen molar-refractivity contribution in [3.8, 4) is 17.0 Å². The van der Waals surface area contributed by atoms with Gasteiger partial charge in [0.1, 0.15) is 11.4 Å². The lowest BCUT2D eigenvalue weighted by atomic mass is 10.0. The fourth-order valence-electron chi connectivity index (χ4n) is 3.82. The van der Waals surface area contributed by atoms with Crippen LogP contribution < -0.4 is 10.5 Å². The smallest absolute Gasteiger partial charge is 0.252 e. The number of ether oxygens (including phenoxy) is 1. The molecule has 0 aliphatic carbocycles. The number of carbonyl (C=O) groups is 2. The highest BCUT2D eigenvalue weighted by Gasteiger charge is 2.30. The number of nitrogens with zero attached hydrogens (tertiary/aromatic N) is 4. The SMILES string of the molecule is [C-]#[N+]c1ccc(CC(=O)N2CCn3nc(-c4cc(Cl)ccc4OC)c(C(N)=O)c3C2)cc1. The molecule has 2 heterocycles. The Bertz CT molecular complexity index is 1240. The van der Waals surface area contributed by atoms with Gasteiger partial charge in [0.25, 0.3) is 5.91 Å². The van der Waals surface area contributed by atoms with Crippen molar-refractivity contribution in [3.63, 3.8) is 0 Å². The summed E-state index contributed by atoms with van der Waals surface area (Å²) in [6.45, 7) is 8.13. The van der Waals surface area contributed by atoms with Crippen molar-refractivity contribution >= 4 is 29.1 Å². The number of carbonyl (C=O) groups excluding carboxylic acids is 2. The van der Waals surface area contributed by atoms with Crippen LogP contribution in [0.15, 0.2) is 42.5 Å². The summed E-state index contributed by atoms with van der Waals surface area (Å²) in [6.07, 6.45) is 0.202. The molecule has 1 aliphatic heterocycles. The monoisotopic (exact) mass is 449 g/mol. The van der Waals surface area contributed by atoms with E-state index < -0.39 is 5.91 Å². The zero-order chi connectivity index (χ0) is 22.8. The maximum atomic E-state index is 12.9. The van der Waals surface area contributed by atoms with Crippen molar-refractivity contribution in [2.24, 2.45) is 5.73 Å². The first kappa shape index (κ1) is 21.4. The summed E-state index contributed by atoms with van der Waals surface area (Å²) in [5, 5.41) is 5.08. The van der Waals surface area contributed by atoms with Gasteiger partial charge in [0.2, 0.25) is 5.91 Å². The van der Waals surface area contributed by atoms with Gasteiger partial charge in [-0.2, -0.15) is 5.10 Å². The van der Waals surface area contributed by atoms with Gasteiger partial charge in [-0.05, 0) is 23.8 Å². The van der Waals surface area contributed by atoms with Crippen LogP contribution in [0.1, 0.15) is 21.6 Å². The molecule has 1 aromatic heterocycles. The fraction of sp³-hybridized carbons (Fsp3) is 0.217. The molecular weight excluding hydrogens is 430 g/mol. The van der Waals surface area contributed by atoms with Gasteiger partial charge in [-0.15, -0.1) is 0 Å². The third-order valence-corrected chi connectivity index (χ3v) is 5.65. The summed E-state index contributed by atoms with van der Waals surface area (Å²) in [7, 11) is 1.53. The first-order valence-electron chi connectivity index (χ1n) is 9.89.